The fourth-order valence-corrected chi connectivity index (χ4v) is 1.88. The molecule has 0 unspecified atom stereocenters. The van der Waals surface area contributed by atoms with Crippen LogP contribution in [0.15, 0.2) is 23.0 Å². The Bertz CT molecular complexity index is 624. The molecule has 2 aromatic rings. The van der Waals surface area contributed by atoms with Gasteiger partial charge in [-0.2, -0.15) is 0 Å². The smallest absolute Gasteiger partial charge is 0.258 e. The molecule has 0 aliphatic carbocycles. The molecular weight excluding hydrogens is 228 g/mol. The summed E-state index contributed by atoms with van der Waals surface area (Å²) in [4.78, 5) is 19.3. The van der Waals surface area contributed by atoms with Crippen LogP contribution in [0.4, 0.5) is 0 Å². The number of hydrogen-bond acceptors (Lipinski definition) is 3. The van der Waals surface area contributed by atoms with E-state index in [0.29, 0.717) is 16.7 Å². The second-order valence-electron chi connectivity index (χ2n) is 5.63. The summed E-state index contributed by atoms with van der Waals surface area (Å²) in [5, 5.41) is 0.562. The Labute approximate surface area is 106 Å². The Balaban J connectivity index is 2.54. The molecule has 1 heterocycles. The van der Waals surface area contributed by atoms with Crippen molar-refractivity contribution < 1.29 is 4.74 Å². The number of benzene rings is 1. The average molecular weight is 246 g/mol. The molecule has 0 aliphatic heterocycles. The third-order valence-corrected chi connectivity index (χ3v) is 2.66. The molecule has 18 heavy (non-hydrogen) atoms. The Kier molecular flexibility index (Phi) is 3.11. The van der Waals surface area contributed by atoms with Gasteiger partial charge in [-0.05, 0) is 23.6 Å². The van der Waals surface area contributed by atoms with E-state index >= 15 is 0 Å². The van der Waals surface area contributed by atoms with E-state index in [2.05, 4.69) is 30.7 Å². The summed E-state index contributed by atoms with van der Waals surface area (Å²) in [5.41, 5.74) is 0.688. The summed E-state index contributed by atoms with van der Waals surface area (Å²) in [6.07, 6.45) is 0.740. The molecule has 4 heteroatoms. The fourth-order valence-electron chi connectivity index (χ4n) is 1.88. The monoisotopic (exact) mass is 246 g/mol. The number of aromatic amines is 1. The predicted molar refractivity (Wildman–Crippen MR) is 72.1 cm³/mol. The van der Waals surface area contributed by atoms with Gasteiger partial charge in [-0.3, -0.25) is 4.79 Å². The van der Waals surface area contributed by atoms with Crippen molar-refractivity contribution in [2.45, 2.75) is 27.2 Å². The fraction of sp³-hybridized carbons (Fsp3) is 0.429. The second kappa shape index (κ2) is 4.44. The average Bonchev–Trinajstić information content (AvgIpc) is 2.26. The van der Waals surface area contributed by atoms with Gasteiger partial charge in [0.1, 0.15) is 11.6 Å². The van der Waals surface area contributed by atoms with Crippen molar-refractivity contribution >= 4 is 10.9 Å². The Hall–Kier alpha value is -1.84. The summed E-state index contributed by atoms with van der Waals surface area (Å²) in [7, 11) is 1.58. The molecule has 0 saturated carbocycles. The Morgan fingerprint density at radius 2 is 2.06 bits per heavy atom. The molecule has 2 rings (SSSR count). The number of nitrogens with zero attached hydrogens (tertiary/aromatic N) is 1. The van der Waals surface area contributed by atoms with Gasteiger partial charge in [0.05, 0.1) is 18.0 Å². The van der Waals surface area contributed by atoms with Crippen LogP contribution in [-0.4, -0.2) is 17.1 Å². The number of methoxy groups -OCH3 is 1. The SMILES string of the molecule is COc1ccc2nc(CC(C)(C)C)[nH]c(=O)c2c1. The summed E-state index contributed by atoms with van der Waals surface area (Å²) >= 11 is 0. The first kappa shape index (κ1) is 12.6. The molecule has 0 saturated heterocycles. The third kappa shape index (κ3) is 2.70. The summed E-state index contributed by atoms with van der Waals surface area (Å²) < 4.78 is 5.11. The number of ether oxygens (including phenoxy) is 1. The largest absolute Gasteiger partial charge is 0.497 e. The molecule has 0 radical (unpaired) electrons. The molecule has 4 nitrogen and oxygen atoms in total. The van der Waals surface area contributed by atoms with E-state index in [4.69, 9.17) is 4.74 Å². The van der Waals surface area contributed by atoms with Crippen molar-refractivity contribution in [3.05, 3.63) is 34.4 Å². The quantitative estimate of drug-likeness (QED) is 0.885. The zero-order valence-corrected chi connectivity index (χ0v) is 11.2. The van der Waals surface area contributed by atoms with Crippen LogP contribution in [0.3, 0.4) is 0 Å². The molecule has 0 aliphatic rings. The van der Waals surface area contributed by atoms with E-state index in [1.54, 1.807) is 13.2 Å². The van der Waals surface area contributed by atoms with Crippen LogP contribution < -0.4 is 10.3 Å². The van der Waals surface area contributed by atoms with E-state index < -0.39 is 0 Å². The highest BCUT2D eigenvalue weighted by molar-refractivity contribution is 5.79. The van der Waals surface area contributed by atoms with Crippen LogP contribution in [0.25, 0.3) is 10.9 Å². The number of aromatic nitrogens is 2. The van der Waals surface area contributed by atoms with Crippen molar-refractivity contribution in [1.82, 2.24) is 9.97 Å². The van der Waals surface area contributed by atoms with Gasteiger partial charge < -0.3 is 9.72 Å². The van der Waals surface area contributed by atoms with E-state index in [1.165, 1.54) is 0 Å². The minimum atomic E-state index is -0.113. The van der Waals surface area contributed by atoms with Crippen molar-refractivity contribution in [2.75, 3.05) is 7.11 Å². The summed E-state index contributed by atoms with van der Waals surface area (Å²) in [6, 6.07) is 5.34. The molecule has 1 aromatic heterocycles. The normalized spacial score (nSPS) is 11.8. The van der Waals surface area contributed by atoms with Gasteiger partial charge in [-0.25, -0.2) is 4.98 Å². The number of H-pyrrole nitrogens is 1. The lowest BCUT2D eigenvalue weighted by atomic mass is 9.92. The Morgan fingerprint density at radius 3 is 2.67 bits per heavy atom. The Morgan fingerprint density at radius 1 is 1.33 bits per heavy atom. The first-order valence-corrected chi connectivity index (χ1v) is 5.96. The molecule has 0 bridgehead atoms. The number of nitrogens with one attached hydrogen (secondary N) is 1. The van der Waals surface area contributed by atoms with Crippen molar-refractivity contribution in [1.29, 1.82) is 0 Å². The minimum Gasteiger partial charge on any atom is -0.497 e. The van der Waals surface area contributed by atoms with Crippen LogP contribution >= 0.6 is 0 Å². The molecule has 96 valence electrons. The zero-order valence-electron chi connectivity index (χ0n) is 11.2. The van der Waals surface area contributed by atoms with Gasteiger partial charge in [-0.15, -0.1) is 0 Å². The first-order chi connectivity index (χ1) is 8.39. The first-order valence-electron chi connectivity index (χ1n) is 5.96. The highest BCUT2D eigenvalue weighted by Crippen LogP contribution is 2.20. The van der Waals surface area contributed by atoms with Gasteiger partial charge in [0, 0.05) is 6.42 Å². The van der Waals surface area contributed by atoms with E-state index in [9.17, 15) is 4.79 Å². The van der Waals surface area contributed by atoms with Crippen molar-refractivity contribution in [3.63, 3.8) is 0 Å². The summed E-state index contributed by atoms with van der Waals surface area (Å²) in [5.74, 6) is 1.39. The maximum atomic E-state index is 12.0. The molecule has 0 atom stereocenters. The standard InChI is InChI=1S/C14H18N2O2/c1-14(2,3)8-12-15-11-6-5-9(18-4)7-10(11)13(17)16-12/h5-7H,8H2,1-4H3,(H,15,16,17). The van der Waals surface area contributed by atoms with E-state index in [1.807, 2.05) is 12.1 Å². The number of rotatable bonds is 2. The molecular formula is C14H18N2O2. The highest BCUT2D eigenvalue weighted by Gasteiger charge is 2.14. The minimum absolute atomic E-state index is 0.0933. The van der Waals surface area contributed by atoms with Gasteiger partial charge >= 0.3 is 0 Å². The van der Waals surface area contributed by atoms with Crippen LogP contribution in [0.1, 0.15) is 26.6 Å². The van der Waals surface area contributed by atoms with Gasteiger partial charge in [0.25, 0.3) is 5.56 Å². The van der Waals surface area contributed by atoms with E-state index in [0.717, 1.165) is 12.2 Å². The third-order valence-electron chi connectivity index (χ3n) is 2.66. The van der Waals surface area contributed by atoms with Gasteiger partial charge in [0.15, 0.2) is 0 Å². The lowest BCUT2D eigenvalue weighted by Gasteiger charge is -2.17. The van der Waals surface area contributed by atoms with Crippen molar-refractivity contribution in [3.8, 4) is 5.75 Å². The topological polar surface area (TPSA) is 55.0 Å². The highest BCUT2D eigenvalue weighted by atomic mass is 16.5. The van der Waals surface area contributed by atoms with Crippen LogP contribution in [0.2, 0.25) is 0 Å². The van der Waals surface area contributed by atoms with Crippen LogP contribution in [0, 0.1) is 5.41 Å². The van der Waals surface area contributed by atoms with E-state index in [-0.39, 0.29) is 11.0 Å². The number of fused-ring (bicyclic) bond motifs is 1. The second-order valence-corrected chi connectivity index (χ2v) is 5.63. The molecule has 1 N–H and O–H groups in total. The maximum absolute atomic E-state index is 12.0. The summed E-state index contributed by atoms with van der Waals surface area (Å²) in [6.45, 7) is 6.35. The molecule has 0 fully saturated rings. The lowest BCUT2D eigenvalue weighted by Crippen LogP contribution is -2.17. The van der Waals surface area contributed by atoms with Crippen LogP contribution in [0.5, 0.6) is 5.75 Å². The predicted octanol–water partition coefficient (Wildman–Crippen LogP) is 2.52. The maximum Gasteiger partial charge on any atom is 0.258 e. The lowest BCUT2D eigenvalue weighted by molar-refractivity contribution is 0.400. The van der Waals surface area contributed by atoms with Gasteiger partial charge in [0.2, 0.25) is 0 Å². The van der Waals surface area contributed by atoms with Gasteiger partial charge in [-0.1, -0.05) is 20.8 Å². The molecule has 0 spiro atoms. The molecule has 1 aromatic carbocycles. The number of hydrogen-bond donors (Lipinski definition) is 1. The van der Waals surface area contributed by atoms with Crippen LogP contribution in [-0.2, 0) is 6.42 Å². The molecule has 0 amide bonds. The van der Waals surface area contributed by atoms with Crippen molar-refractivity contribution in [2.24, 2.45) is 5.41 Å². The zero-order chi connectivity index (χ0) is 13.3.